The maximum Gasteiger partial charge on any atom is 0.325 e. The van der Waals surface area contributed by atoms with Crippen molar-refractivity contribution in [1.29, 1.82) is 0 Å². The molecule has 2 heterocycles. The summed E-state index contributed by atoms with van der Waals surface area (Å²) in [6.45, 7) is 5.56. The number of carbonyl (C=O) groups is 2. The van der Waals surface area contributed by atoms with E-state index < -0.39 is 5.97 Å². The Hall–Kier alpha value is -1.64. The number of thioether (sulfide) groups is 1. The van der Waals surface area contributed by atoms with Crippen molar-refractivity contribution in [3.05, 3.63) is 0 Å². The number of carboxylic acids is 1. The lowest BCUT2D eigenvalue weighted by Gasteiger charge is -2.34. The first kappa shape index (κ1) is 15.7. The summed E-state index contributed by atoms with van der Waals surface area (Å²) < 4.78 is 1.18. The van der Waals surface area contributed by atoms with Crippen molar-refractivity contribution in [3.8, 4) is 0 Å². The number of rotatable bonds is 5. The standard InChI is InChI=1S/C12H19N5O3S/c1-8-3-9(2)5-16(4-8)10(18)7-21-12-13-14-15-17(12)6-11(19)20/h8-9H,3-7H2,1-2H3,(H,19,20). The van der Waals surface area contributed by atoms with Crippen LogP contribution in [0.25, 0.3) is 0 Å². The molecule has 1 saturated heterocycles. The van der Waals surface area contributed by atoms with Crippen molar-refractivity contribution in [2.75, 3.05) is 18.8 Å². The summed E-state index contributed by atoms with van der Waals surface area (Å²) in [7, 11) is 0. The Labute approximate surface area is 126 Å². The minimum Gasteiger partial charge on any atom is -0.480 e. The van der Waals surface area contributed by atoms with Crippen molar-refractivity contribution >= 4 is 23.6 Å². The van der Waals surface area contributed by atoms with E-state index in [4.69, 9.17) is 5.11 Å². The Bertz CT molecular complexity index is 511. The van der Waals surface area contributed by atoms with Crippen molar-refractivity contribution in [3.63, 3.8) is 0 Å². The zero-order valence-electron chi connectivity index (χ0n) is 12.1. The minimum absolute atomic E-state index is 0.0447. The molecule has 2 atom stereocenters. The monoisotopic (exact) mass is 313 g/mol. The Kier molecular flexibility index (Phi) is 5.16. The molecule has 116 valence electrons. The van der Waals surface area contributed by atoms with Gasteiger partial charge in [-0.3, -0.25) is 9.59 Å². The fraction of sp³-hybridized carbons (Fsp3) is 0.750. The summed E-state index contributed by atoms with van der Waals surface area (Å²) in [5.74, 6) is 0.275. The summed E-state index contributed by atoms with van der Waals surface area (Å²) in [6, 6.07) is 0. The van der Waals surface area contributed by atoms with Gasteiger partial charge in [0.05, 0.1) is 5.75 Å². The van der Waals surface area contributed by atoms with Crippen LogP contribution in [0.15, 0.2) is 5.16 Å². The van der Waals surface area contributed by atoms with Crippen molar-refractivity contribution < 1.29 is 14.7 Å². The number of aromatic nitrogens is 4. The number of tetrazole rings is 1. The largest absolute Gasteiger partial charge is 0.480 e. The topological polar surface area (TPSA) is 101 Å². The molecule has 1 aliphatic heterocycles. The second-order valence-corrected chi connectivity index (χ2v) is 6.49. The van der Waals surface area contributed by atoms with E-state index in [1.165, 1.54) is 16.4 Å². The van der Waals surface area contributed by atoms with Gasteiger partial charge in [0.25, 0.3) is 0 Å². The first-order valence-corrected chi connectivity index (χ1v) is 7.82. The van der Waals surface area contributed by atoms with E-state index in [1.54, 1.807) is 0 Å². The highest BCUT2D eigenvalue weighted by Crippen LogP contribution is 2.22. The van der Waals surface area contributed by atoms with Gasteiger partial charge in [0.15, 0.2) is 0 Å². The summed E-state index contributed by atoms with van der Waals surface area (Å²) in [5, 5.41) is 19.9. The van der Waals surface area contributed by atoms with E-state index in [0.29, 0.717) is 17.0 Å². The Balaban J connectivity index is 1.89. The van der Waals surface area contributed by atoms with Gasteiger partial charge in [-0.15, -0.1) is 5.10 Å². The fourth-order valence-electron chi connectivity index (χ4n) is 2.61. The average Bonchev–Trinajstić information content (AvgIpc) is 2.81. The van der Waals surface area contributed by atoms with E-state index >= 15 is 0 Å². The second-order valence-electron chi connectivity index (χ2n) is 5.55. The number of amides is 1. The number of hydrogen-bond acceptors (Lipinski definition) is 6. The number of hydrogen-bond donors (Lipinski definition) is 1. The highest BCUT2D eigenvalue weighted by atomic mass is 32.2. The van der Waals surface area contributed by atoms with Gasteiger partial charge in [-0.2, -0.15) is 0 Å². The molecular weight excluding hydrogens is 294 g/mol. The first-order chi connectivity index (χ1) is 9.95. The third-order valence-electron chi connectivity index (χ3n) is 3.33. The molecule has 1 fully saturated rings. The predicted octanol–water partition coefficient (Wildman–Crippen LogP) is 0.354. The van der Waals surface area contributed by atoms with E-state index in [1.807, 2.05) is 4.90 Å². The lowest BCUT2D eigenvalue weighted by atomic mass is 9.92. The summed E-state index contributed by atoms with van der Waals surface area (Å²) in [5.41, 5.74) is 0. The number of nitrogens with zero attached hydrogens (tertiary/aromatic N) is 5. The molecule has 0 saturated carbocycles. The van der Waals surface area contributed by atoms with Crippen LogP contribution >= 0.6 is 11.8 Å². The van der Waals surface area contributed by atoms with Crippen LogP contribution in [0, 0.1) is 11.8 Å². The Morgan fingerprint density at radius 3 is 2.62 bits per heavy atom. The van der Waals surface area contributed by atoms with E-state index in [9.17, 15) is 9.59 Å². The Morgan fingerprint density at radius 1 is 1.33 bits per heavy atom. The number of carboxylic acid groups (broad SMARTS) is 1. The number of carbonyl (C=O) groups excluding carboxylic acids is 1. The van der Waals surface area contributed by atoms with Crippen molar-refractivity contribution in [2.24, 2.45) is 11.8 Å². The molecule has 1 aromatic heterocycles. The van der Waals surface area contributed by atoms with E-state index in [0.717, 1.165) is 19.5 Å². The molecule has 1 aliphatic rings. The molecule has 0 aliphatic carbocycles. The smallest absolute Gasteiger partial charge is 0.325 e. The maximum absolute atomic E-state index is 12.2. The highest BCUT2D eigenvalue weighted by Gasteiger charge is 2.25. The molecule has 0 radical (unpaired) electrons. The number of aliphatic carboxylic acids is 1. The van der Waals surface area contributed by atoms with Crippen LogP contribution in [0.4, 0.5) is 0 Å². The minimum atomic E-state index is -1.02. The van der Waals surface area contributed by atoms with Gasteiger partial charge in [0.1, 0.15) is 6.54 Å². The van der Waals surface area contributed by atoms with Crippen molar-refractivity contribution in [1.82, 2.24) is 25.1 Å². The second kappa shape index (κ2) is 6.88. The van der Waals surface area contributed by atoms with Gasteiger partial charge in [-0.05, 0) is 28.7 Å². The van der Waals surface area contributed by atoms with E-state index in [2.05, 4.69) is 29.4 Å². The van der Waals surface area contributed by atoms with Crippen LogP contribution in [-0.4, -0.2) is 60.9 Å². The van der Waals surface area contributed by atoms with Crippen LogP contribution < -0.4 is 0 Å². The number of likely N-dealkylation sites (tertiary alicyclic amines) is 1. The quantitative estimate of drug-likeness (QED) is 0.783. The van der Waals surface area contributed by atoms with Crippen LogP contribution in [0.5, 0.6) is 0 Å². The molecule has 2 rings (SSSR count). The molecule has 0 spiro atoms. The fourth-order valence-corrected chi connectivity index (χ4v) is 3.39. The summed E-state index contributed by atoms with van der Waals surface area (Å²) in [6.07, 6.45) is 1.15. The third kappa shape index (κ3) is 4.42. The first-order valence-electron chi connectivity index (χ1n) is 6.84. The lowest BCUT2D eigenvalue weighted by molar-refractivity contribution is -0.138. The molecular formula is C12H19N5O3S. The normalized spacial score (nSPS) is 22.3. The van der Waals surface area contributed by atoms with Crippen LogP contribution in [-0.2, 0) is 16.1 Å². The average molecular weight is 313 g/mol. The number of piperidine rings is 1. The molecule has 0 bridgehead atoms. The SMILES string of the molecule is CC1CC(C)CN(C(=O)CSc2nnnn2CC(=O)O)C1. The lowest BCUT2D eigenvalue weighted by Crippen LogP contribution is -2.43. The Morgan fingerprint density at radius 2 is 2.00 bits per heavy atom. The van der Waals surface area contributed by atoms with Gasteiger partial charge in [0.2, 0.25) is 11.1 Å². The van der Waals surface area contributed by atoms with Gasteiger partial charge in [0, 0.05) is 13.1 Å². The van der Waals surface area contributed by atoms with Gasteiger partial charge >= 0.3 is 5.97 Å². The molecule has 1 amide bonds. The molecule has 2 unspecified atom stereocenters. The molecule has 9 heteroatoms. The van der Waals surface area contributed by atoms with E-state index in [-0.39, 0.29) is 18.2 Å². The van der Waals surface area contributed by atoms with Gasteiger partial charge in [-0.1, -0.05) is 25.6 Å². The maximum atomic E-state index is 12.2. The summed E-state index contributed by atoms with van der Waals surface area (Å²) >= 11 is 1.17. The zero-order valence-corrected chi connectivity index (χ0v) is 12.9. The van der Waals surface area contributed by atoms with Gasteiger partial charge < -0.3 is 10.0 Å². The summed E-state index contributed by atoms with van der Waals surface area (Å²) in [4.78, 5) is 24.8. The predicted molar refractivity (Wildman–Crippen MR) is 75.7 cm³/mol. The molecule has 1 aromatic rings. The van der Waals surface area contributed by atoms with Crippen molar-refractivity contribution in [2.45, 2.75) is 32.0 Å². The van der Waals surface area contributed by atoms with Crippen LogP contribution in [0.1, 0.15) is 20.3 Å². The third-order valence-corrected chi connectivity index (χ3v) is 4.27. The molecule has 21 heavy (non-hydrogen) atoms. The van der Waals surface area contributed by atoms with Crippen LogP contribution in [0.2, 0.25) is 0 Å². The van der Waals surface area contributed by atoms with Gasteiger partial charge in [-0.25, -0.2) is 4.68 Å². The zero-order chi connectivity index (χ0) is 15.4. The highest BCUT2D eigenvalue weighted by molar-refractivity contribution is 7.99. The molecule has 0 aromatic carbocycles. The molecule has 8 nitrogen and oxygen atoms in total. The molecule has 1 N–H and O–H groups in total. The van der Waals surface area contributed by atoms with Crippen LogP contribution in [0.3, 0.4) is 0 Å².